The molecule has 7 heteroatoms. The molecular formula is C4H7O5SiW-. The maximum Gasteiger partial charge on any atom is 0.668 e. The van der Waals surface area contributed by atoms with E-state index in [0.717, 1.165) is 0 Å². The molecule has 0 bridgehead atoms. The number of hydrogen-bond acceptors (Lipinski definition) is 5. The third kappa shape index (κ3) is 25.6. The van der Waals surface area contributed by atoms with Gasteiger partial charge in [0.25, 0.3) is 0 Å². The van der Waals surface area contributed by atoms with Gasteiger partial charge in [-0.2, -0.15) is 6.07 Å². The smallest absolute Gasteiger partial charge is 0.599 e. The van der Waals surface area contributed by atoms with E-state index in [1.165, 1.54) is 0 Å². The molecule has 0 aliphatic carbocycles. The van der Waals surface area contributed by atoms with E-state index in [1.807, 2.05) is 0 Å². The molecule has 0 fully saturated rings. The molecule has 64 valence electrons. The van der Waals surface area contributed by atoms with Crippen molar-refractivity contribution in [1.29, 1.82) is 0 Å². The third-order valence-electron chi connectivity index (χ3n) is 0.379. The van der Waals surface area contributed by atoms with Gasteiger partial charge in [-0.25, -0.2) is 0 Å². The fraction of sp³-hybridized carbons (Fsp3) is 0. The van der Waals surface area contributed by atoms with Gasteiger partial charge in [-0.3, -0.25) is 0 Å². The Morgan fingerprint density at radius 2 is 1.64 bits per heavy atom. The zero-order valence-corrected chi connectivity index (χ0v) is 9.27. The quantitative estimate of drug-likeness (QED) is 0.338. The van der Waals surface area contributed by atoms with Crippen LogP contribution in [0.4, 0.5) is 0 Å². The van der Waals surface area contributed by atoms with Crippen molar-refractivity contribution in [2.45, 2.75) is 0 Å². The summed E-state index contributed by atoms with van der Waals surface area (Å²) in [5.74, 6) is 0. The van der Waals surface area contributed by atoms with Crippen molar-refractivity contribution in [3.8, 4) is 0 Å². The molecular weight excluding hydrogens is 340 g/mol. The van der Waals surface area contributed by atoms with Crippen LogP contribution in [0.2, 0.25) is 0 Å². The first-order valence-electron chi connectivity index (χ1n) is 2.29. The van der Waals surface area contributed by atoms with E-state index in [0.29, 0.717) is 0 Å². The van der Waals surface area contributed by atoms with Gasteiger partial charge in [0.1, 0.15) is 0 Å². The van der Waals surface area contributed by atoms with E-state index in [2.05, 4.69) is 10.7 Å². The number of hydrogen-bond donors (Lipinski definition) is 4. The van der Waals surface area contributed by atoms with Crippen molar-refractivity contribution >= 4 is 9.05 Å². The van der Waals surface area contributed by atoms with Gasteiger partial charge in [0, 0.05) is 21.1 Å². The monoisotopic (exact) mass is 347 g/mol. The Morgan fingerprint density at radius 1 is 1.18 bits per heavy atom. The summed E-state index contributed by atoms with van der Waals surface area (Å²) in [5.41, 5.74) is 0. The standard InChI is InChI=1S/C4H3O.H4O4Si.W/c1-2-4-5-3-1;1-5(2,3)4;/h1-3H;1-4H;/q-1;;. The SMILES string of the molecule is O[Si](O)(O)O.[W].[c-]1ccco1. The fourth-order valence-electron chi connectivity index (χ4n) is 0.196. The van der Waals surface area contributed by atoms with Crippen molar-refractivity contribution in [1.82, 2.24) is 0 Å². The summed E-state index contributed by atoms with van der Waals surface area (Å²) >= 11 is 0. The van der Waals surface area contributed by atoms with Gasteiger partial charge in [0.2, 0.25) is 0 Å². The van der Waals surface area contributed by atoms with Crippen LogP contribution in [-0.2, 0) is 21.1 Å². The molecule has 4 N–H and O–H groups in total. The summed E-state index contributed by atoms with van der Waals surface area (Å²) in [6.45, 7) is 0. The average molecular weight is 347 g/mol. The van der Waals surface area contributed by atoms with E-state index in [1.54, 1.807) is 18.4 Å². The van der Waals surface area contributed by atoms with Crippen LogP contribution in [-0.4, -0.2) is 28.2 Å². The second kappa shape index (κ2) is 6.72. The second-order valence-electron chi connectivity index (χ2n) is 1.33. The van der Waals surface area contributed by atoms with Crippen LogP contribution in [0, 0.1) is 6.26 Å². The summed E-state index contributed by atoms with van der Waals surface area (Å²) in [6.07, 6.45) is 4.06. The van der Waals surface area contributed by atoms with E-state index < -0.39 is 9.05 Å². The summed E-state index contributed by atoms with van der Waals surface area (Å²) in [5, 5.41) is 0. The Hall–Kier alpha value is 0.0252. The normalized spacial score (nSPS) is 9.09. The van der Waals surface area contributed by atoms with Crippen molar-refractivity contribution in [3.05, 3.63) is 24.7 Å². The molecule has 0 aromatic carbocycles. The maximum absolute atomic E-state index is 7.33. The Morgan fingerprint density at radius 3 is 1.73 bits per heavy atom. The maximum atomic E-state index is 7.33. The topological polar surface area (TPSA) is 94.1 Å². The van der Waals surface area contributed by atoms with Crippen molar-refractivity contribution in [2.24, 2.45) is 0 Å². The summed E-state index contributed by atoms with van der Waals surface area (Å²) in [4.78, 5) is 29.3. The van der Waals surface area contributed by atoms with Gasteiger partial charge in [-0.05, 0) is 6.26 Å². The Kier molecular flexibility index (Phi) is 8.31. The van der Waals surface area contributed by atoms with E-state index in [9.17, 15) is 0 Å². The summed E-state index contributed by atoms with van der Waals surface area (Å²) in [6, 6.07) is 3.49. The summed E-state index contributed by atoms with van der Waals surface area (Å²) in [7, 11) is -4.61. The van der Waals surface area contributed by atoms with Crippen LogP contribution in [0.15, 0.2) is 22.8 Å². The average Bonchev–Trinajstić information content (AvgIpc) is 2.07. The van der Waals surface area contributed by atoms with Gasteiger partial charge in [-0.1, -0.05) is 6.26 Å². The largest absolute Gasteiger partial charge is 0.668 e. The molecule has 0 saturated carbocycles. The molecule has 1 aromatic rings. The van der Waals surface area contributed by atoms with Crippen molar-refractivity contribution < 1.29 is 44.7 Å². The van der Waals surface area contributed by atoms with E-state index in [-0.39, 0.29) is 21.1 Å². The van der Waals surface area contributed by atoms with Gasteiger partial charge in [0.15, 0.2) is 0 Å². The van der Waals surface area contributed by atoms with Crippen LogP contribution in [0.1, 0.15) is 0 Å². The molecule has 0 amide bonds. The molecule has 0 saturated heterocycles. The number of rotatable bonds is 0. The molecule has 1 aromatic heterocycles. The van der Waals surface area contributed by atoms with Crippen molar-refractivity contribution in [3.63, 3.8) is 0 Å². The predicted molar refractivity (Wildman–Crippen MR) is 32.2 cm³/mol. The van der Waals surface area contributed by atoms with Crippen LogP contribution in [0.3, 0.4) is 0 Å². The molecule has 5 nitrogen and oxygen atoms in total. The Labute approximate surface area is 78.7 Å². The molecule has 0 unspecified atom stereocenters. The van der Waals surface area contributed by atoms with Crippen LogP contribution < -0.4 is 0 Å². The van der Waals surface area contributed by atoms with Crippen molar-refractivity contribution in [2.75, 3.05) is 0 Å². The molecule has 0 aliphatic rings. The minimum Gasteiger partial charge on any atom is -0.599 e. The first-order chi connectivity index (χ1) is 4.50. The predicted octanol–water partition coefficient (Wildman–Crippen LogP) is -1.53. The van der Waals surface area contributed by atoms with Gasteiger partial charge < -0.3 is 23.6 Å². The summed E-state index contributed by atoms with van der Waals surface area (Å²) < 4.78 is 4.46. The van der Waals surface area contributed by atoms with Gasteiger partial charge in [0.05, 0.1) is 0 Å². The second-order valence-corrected chi connectivity index (χ2v) is 2.53. The van der Waals surface area contributed by atoms with Crippen LogP contribution in [0.25, 0.3) is 0 Å². The van der Waals surface area contributed by atoms with Crippen LogP contribution in [0.5, 0.6) is 0 Å². The van der Waals surface area contributed by atoms with Gasteiger partial charge in [-0.15, -0.1) is 6.07 Å². The Balaban J connectivity index is 0. The molecule has 1 rings (SSSR count). The van der Waals surface area contributed by atoms with E-state index in [4.69, 9.17) is 19.2 Å². The first-order valence-corrected chi connectivity index (χ1v) is 4.08. The van der Waals surface area contributed by atoms with Gasteiger partial charge >= 0.3 is 9.05 Å². The molecule has 1 heterocycles. The molecule has 0 spiro atoms. The minimum absolute atomic E-state index is 0. The molecule has 11 heavy (non-hydrogen) atoms. The molecule has 0 aliphatic heterocycles. The van der Waals surface area contributed by atoms with Crippen LogP contribution >= 0.6 is 0 Å². The zero-order chi connectivity index (χ0) is 8.04. The fourth-order valence-corrected chi connectivity index (χ4v) is 0.196. The number of furan rings is 1. The zero-order valence-electron chi connectivity index (χ0n) is 5.34. The molecule has 0 radical (unpaired) electrons. The molecule has 0 atom stereocenters. The third-order valence-corrected chi connectivity index (χ3v) is 0.379. The first kappa shape index (κ1) is 13.6. The Bertz CT molecular complexity index is 125. The minimum atomic E-state index is -4.61. The van der Waals surface area contributed by atoms with E-state index >= 15 is 0 Å².